The molecule has 1 aromatic carbocycles. The quantitative estimate of drug-likeness (QED) is 0.419. The molecule has 4 aromatic rings. The first-order chi connectivity index (χ1) is 12.3. The van der Waals surface area contributed by atoms with Gasteiger partial charge in [0.1, 0.15) is 5.75 Å². The van der Waals surface area contributed by atoms with E-state index in [1.54, 1.807) is 18.6 Å². The lowest BCUT2D eigenvalue weighted by atomic mass is 10.1. The highest BCUT2D eigenvalue weighted by Gasteiger charge is 2.18. The Labute approximate surface area is 143 Å². The fourth-order valence-corrected chi connectivity index (χ4v) is 3.22. The topological polar surface area (TPSA) is 66.4 Å². The van der Waals surface area contributed by atoms with Crippen LogP contribution >= 0.6 is 0 Å². The number of pyridine rings is 1. The summed E-state index contributed by atoms with van der Waals surface area (Å²) in [6, 6.07) is 11.7. The average molecular weight is 330 g/mol. The molecule has 1 aliphatic rings. The largest absolute Gasteiger partial charge is 0.596 e. The Morgan fingerprint density at radius 3 is 3.00 bits per heavy atom. The van der Waals surface area contributed by atoms with Gasteiger partial charge >= 0.3 is 0 Å². The van der Waals surface area contributed by atoms with Gasteiger partial charge in [-0.05, 0) is 35.9 Å². The van der Waals surface area contributed by atoms with Crippen molar-refractivity contribution >= 4 is 5.65 Å². The molecule has 1 aliphatic heterocycles. The first kappa shape index (κ1) is 14.0. The lowest BCUT2D eigenvalue weighted by Crippen LogP contribution is -2.31. The summed E-state index contributed by atoms with van der Waals surface area (Å²) in [4.78, 5) is 9.66. The summed E-state index contributed by atoms with van der Waals surface area (Å²) in [5.41, 5.74) is 5.27. The standard InChI is InChI=1S/C19H14N4O2/c24-23-12-16(15-2-1-7-20-11-15)19-21-17(5-8-22(19)23)13-3-4-18-14(10-13)6-9-25-18/h1-5,7-8,10-12H,6,9H2. The summed E-state index contributed by atoms with van der Waals surface area (Å²) >= 11 is 0. The number of aromatic nitrogens is 4. The first-order valence-corrected chi connectivity index (χ1v) is 8.08. The van der Waals surface area contributed by atoms with E-state index in [4.69, 9.17) is 9.72 Å². The fraction of sp³-hybridized carbons (Fsp3) is 0.105. The molecule has 6 heteroatoms. The predicted octanol–water partition coefficient (Wildman–Crippen LogP) is 2.63. The molecule has 0 unspecified atom stereocenters. The van der Waals surface area contributed by atoms with E-state index >= 15 is 0 Å². The minimum atomic E-state index is 0.609. The normalized spacial score (nSPS) is 13.0. The zero-order chi connectivity index (χ0) is 16.8. The van der Waals surface area contributed by atoms with Gasteiger partial charge in [-0.25, -0.2) is 4.98 Å². The van der Waals surface area contributed by atoms with Gasteiger partial charge in [-0.15, -0.1) is 0 Å². The van der Waals surface area contributed by atoms with Crippen molar-refractivity contribution in [2.75, 3.05) is 6.61 Å². The van der Waals surface area contributed by atoms with Crippen LogP contribution in [0, 0.1) is 5.21 Å². The number of fused-ring (bicyclic) bond motifs is 2. The maximum Gasteiger partial charge on any atom is 0.219 e. The Kier molecular flexibility index (Phi) is 2.97. The van der Waals surface area contributed by atoms with E-state index in [1.807, 2.05) is 30.3 Å². The number of nitrogens with zero attached hydrogens (tertiary/aromatic N) is 4. The molecule has 0 N–H and O–H groups in total. The van der Waals surface area contributed by atoms with E-state index in [1.165, 1.54) is 16.3 Å². The molecule has 5 rings (SSSR count). The van der Waals surface area contributed by atoms with Crippen molar-refractivity contribution in [3.8, 4) is 28.1 Å². The molecule has 0 atom stereocenters. The van der Waals surface area contributed by atoms with E-state index in [0.717, 1.165) is 46.0 Å². The van der Waals surface area contributed by atoms with Crippen LogP contribution in [0.3, 0.4) is 0 Å². The van der Waals surface area contributed by atoms with Gasteiger partial charge in [0.2, 0.25) is 11.8 Å². The van der Waals surface area contributed by atoms with Crippen molar-refractivity contribution < 1.29 is 9.58 Å². The van der Waals surface area contributed by atoms with Crippen LogP contribution in [0.1, 0.15) is 5.56 Å². The number of hydrogen-bond acceptors (Lipinski definition) is 4. The molecule has 4 heterocycles. The minimum Gasteiger partial charge on any atom is -0.596 e. The van der Waals surface area contributed by atoms with Crippen molar-refractivity contribution in [1.29, 1.82) is 0 Å². The second-order valence-corrected chi connectivity index (χ2v) is 5.99. The Hall–Kier alpha value is -3.41. The Morgan fingerprint density at radius 2 is 2.12 bits per heavy atom. The van der Waals surface area contributed by atoms with E-state index in [0.29, 0.717) is 5.65 Å². The monoisotopic (exact) mass is 330 g/mol. The molecule has 3 aromatic heterocycles. The molecule has 0 spiro atoms. The molecule has 0 saturated carbocycles. The Morgan fingerprint density at radius 1 is 1.16 bits per heavy atom. The lowest BCUT2D eigenvalue weighted by molar-refractivity contribution is -0.676. The molecule has 0 fully saturated rings. The maximum atomic E-state index is 12.2. The SMILES string of the molecule is [O-][n+]1cc(-c2cccnc2)c2nc(-c3ccc4c(c3)CCO4)ccn21. The van der Waals surface area contributed by atoms with Crippen LogP contribution in [-0.2, 0) is 6.42 Å². The maximum absolute atomic E-state index is 12.2. The predicted molar refractivity (Wildman–Crippen MR) is 92.0 cm³/mol. The zero-order valence-corrected chi connectivity index (χ0v) is 13.3. The lowest BCUT2D eigenvalue weighted by Gasteiger charge is -2.05. The van der Waals surface area contributed by atoms with Crippen LogP contribution < -0.4 is 9.58 Å². The Balaban J connectivity index is 1.68. The molecule has 0 aliphatic carbocycles. The number of rotatable bonds is 2. The smallest absolute Gasteiger partial charge is 0.219 e. The molecule has 0 radical (unpaired) electrons. The van der Waals surface area contributed by atoms with Gasteiger partial charge in [0.25, 0.3) is 0 Å². The van der Waals surface area contributed by atoms with Crippen molar-refractivity contribution in [2.45, 2.75) is 6.42 Å². The van der Waals surface area contributed by atoms with Crippen LogP contribution in [0.15, 0.2) is 61.2 Å². The van der Waals surface area contributed by atoms with Crippen molar-refractivity contribution in [3.63, 3.8) is 0 Å². The third-order valence-corrected chi connectivity index (χ3v) is 4.47. The van der Waals surface area contributed by atoms with E-state index < -0.39 is 0 Å². The first-order valence-electron chi connectivity index (χ1n) is 8.08. The summed E-state index contributed by atoms with van der Waals surface area (Å²) in [6.45, 7) is 0.727. The van der Waals surface area contributed by atoms with E-state index in [2.05, 4.69) is 11.1 Å². The van der Waals surface area contributed by atoms with E-state index in [-0.39, 0.29) is 0 Å². The van der Waals surface area contributed by atoms with Crippen LogP contribution in [0.5, 0.6) is 5.75 Å². The van der Waals surface area contributed by atoms with Gasteiger partial charge in [0.05, 0.1) is 24.1 Å². The third-order valence-electron chi connectivity index (χ3n) is 4.47. The minimum absolute atomic E-state index is 0.609. The van der Waals surface area contributed by atoms with Crippen LogP contribution in [-0.4, -0.2) is 21.1 Å². The summed E-state index contributed by atoms with van der Waals surface area (Å²) in [7, 11) is 0. The number of hydrogen-bond donors (Lipinski definition) is 0. The molecule has 0 bridgehead atoms. The van der Waals surface area contributed by atoms with Gasteiger partial charge in [0.15, 0.2) is 0 Å². The van der Waals surface area contributed by atoms with Crippen LogP contribution in [0.25, 0.3) is 28.0 Å². The van der Waals surface area contributed by atoms with Gasteiger partial charge in [0, 0.05) is 29.9 Å². The third kappa shape index (κ3) is 2.22. The molecule has 122 valence electrons. The second kappa shape index (κ2) is 5.31. The highest BCUT2D eigenvalue weighted by molar-refractivity contribution is 5.77. The zero-order valence-electron chi connectivity index (χ0n) is 13.3. The highest BCUT2D eigenvalue weighted by atomic mass is 16.5. The van der Waals surface area contributed by atoms with Crippen LogP contribution in [0.4, 0.5) is 0 Å². The summed E-state index contributed by atoms with van der Waals surface area (Å²) in [6.07, 6.45) is 7.63. The Bertz CT molecular complexity index is 1090. The molecular formula is C19H14N4O2. The number of ether oxygens (including phenoxy) is 1. The van der Waals surface area contributed by atoms with Gasteiger partial charge in [-0.2, -0.15) is 0 Å². The van der Waals surface area contributed by atoms with E-state index in [9.17, 15) is 5.21 Å². The second-order valence-electron chi connectivity index (χ2n) is 5.99. The van der Waals surface area contributed by atoms with Crippen molar-refractivity contribution in [1.82, 2.24) is 14.5 Å². The molecule has 25 heavy (non-hydrogen) atoms. The molecule has 6 nitrogen and oxygen atoms in total. The van der Waals surface area contributed by atoms with Gasteiger partial charge in [-0.1, -0.05) is 15.4 Å². The van der Waals surface area contributed by atoms with Gasteiger partial charge in [-0.3, -0.25) is 4.98 Å². The summed E-state index contributed by atoms with van der Waals surface area (Å²) in [5, 5.41) is 12.2. The summed E-state index contributed by atoms with van der Waals surface area (Å²) < 4.78 is 7.05. The van der Waals surface area contributed by atoms with Crippen molar-refractivity contribution in [2.24, 2.45) is 0 Å². The van der Waals surface area contributed by atoms with Crippen LogP contribution in [0.2, 0.25) is 0 Å². The summed E-state index contributed by atoms with van der Waals surface area (Å²) in [5.74, 6) is 0.945. The van der Waals surface area contributed by atoms with Gasteiger partial charge < -0.3 is 9.94 Å². The molecule has 0 saturated heterocycles. The fourth-order valence-electron chi connectivity index (χ4n) is 3.22. The molecular weight excluding hydrogens is 316 g/mol. The average Bonchev–Trinajstić information content (AvgIpc) is 3.26. The number of benzene rings is 1. The highest BCUT2D eigenvalue weighted by Crippen LogP contribution is 2.30. The van der Waals surface area contributed by atoms with Crippen molar-refractivity contribution in [3.05, 3.63) is 72.0 Å². The molecule has 0 amide bonds.